The van der Waals surface area contributed by atoms with Crippen LogP contribution in [0.15, 0.2) is 79.0 Å². The van der Waals surface area contributed by atoms with Crippen molar-refractivity contribution in [3.05, 3.63) is 89.6 Å². The molecule has 6 heteroatoms. The van der Waals surface area contributed by atoms with E-state index >= 15 is 0 Å². The van der Waals surface area contributed by atoms with Crippen LogP contribution in [0, 0.1) is 6.92 Å². The maximum Gasteiger partial charge on any atom is 0.267 e. The van der Waals surface area contributed by atoms with Crippen molar-refractivity contribution in [2.45, 2.75) is 6.92 Å². The summed E-state index contributed by atoms with van der Waals surface area (Å²) in [7, 11) is 0. The summed E-state index contributed by atoms with van der Waals surface area (Å²) in [5.74, 6) is 1.28. The average Bonchev–Trinajstić information content (AvgIpc) is 3.13. The Labute approximate surface area is 166 Å². The van der Waals surface area contributed by atoms with Gasteiger partial charge >= 0.3 is 0 Å². The molecular formula is C22H17N3O2S. The zero-order valence-corrected chi connectivity index (χ0v) is 15.9. The summed E-state index contributed by atoms with van der Waals surface area (Å²) < 4.78 is 5.77. The third-order valence-corrected chi connectivity index (χ3v) is 5.16. The molecule has 138 valence electrons. The molecule has 0 atom stereocenters. The molecule has 0 bridgehead atoms. The van der Waals surface area contributed by atoms with Crippen molar-refractivity contribution in [2.75, 3.05) is 5.32 Å². The van der Waals surface area contributed by atoms with E-state index in [-0.39, 0.29) is 5.91 Å². The average molecular weight is 387 g/mol. The van der Waals surface area contributed by atoms with Gasteiger partial charge in [-0.05, 0) is 55.5 Å². The Morgan fingerprint density at radius 2 is 1.64 bits per heavy atom. The summed E-state index contributed by atoms with van der Waals surface area (Å²) in [5, 5.41) is 3.64. The molecule has 4 aromatic rings. The van der Waals surface area contributed by atoms with Crippen LogP contribution >= 0.6 is 11.3 Å². The molecule has 4 rings (SSSR count). The molecule has 0 spiro atoms. The van der Waals surface area contributed by atoms with Gasteiger partial charge in [0.05, 0.1) is 11.4 Å². The van der Waals surface area contributed by atoms with E-state index in [1.807, 2.05) is 79.7 Å². The second-order valence-corrected chi connectivity index (χ2v) is 7.04. The van der Waals surface area contributed by atoms with E-state index in [1.165, 1.54) is 11.3 Å². The lowest BCUT2D eigenvalue weighted by molar-refractivity contribution is 0.103. The number of para-hydroxylation sites is 1. The first kappa shape index (κ1) is 17.9. The number of thiazole rings is 1. The number of nitrogens with zero attached hydrogens (tertiary/aromatic N) is 2. The van der Waals surface area contributed by atoms with Gasteiger partial charge < -0.3 is 10.1 Å². The smallest absolute Gasteiger partial charge is 0.267 e. The molecule has 0 unspecified atom stereocenters. The second-order valence-electron chi connectivity index (χ2n) is 6.04. The van der Waals surface area contributed by atoms with Gasteiger partial charge in [0, 0.05) is 11.9 Å². The maximum atomic E-state index is 12.7. The van der Waals surface area contributed by atoms with Gasteiger partial charge in [-0.3, -0.25) is 9.78 Å². The molecule has 2 heterocycles. The van der Waals surface area contributed by atoms with Crippen molar-refractivity contribution in [1.29, 1.82) is 0 Å². The first-order chi connectivity index (χ1) is 13.7. The zero-order valence-electron chi connectivity index (χ0n) is 15.1. The fraction of sp³-hybridized carbons (Fsp3) is 0.0455. The Balaban J connectivity index is 1.46. The minimum absolute atomic E-state index is 0.186. The number of pyridine rings is 1. The maximum absolute atomic E-state index is 12.7. The van der Waals surface area contributed by atoms with Crippen LogP contribution in [0.25, 0.3) is 10.7 Å². The number of rotatable bonds is 5. The first-order valence-electron chi connectivity index (χ1n) is 8.72. The van der Waals surface area contributed by atoms with Gasteiger partial charge in [-0.25, -0.2) is 4.98 Å². The number of anilines is 1. The summed E-state index contributed by atoms with van der Waals surface area (Å²) in [4.78, 5) is 22.0. The predicted octanol–water partition coefficient (Wildman–Crippen LogP) is 5.56. The Bertz CT molecular complexity index is 1080. The first-order valence-corrected chi connectivity index (χ1v) is 9.54. The van der Waals surface area contributed by atoms with Crippen molar-refractivity contribution in [1.82, 2.24) is 9.97 Å². The van der Waals surface area contributed by atoms with E-state index in [2.05, 4.69) is 15.3 Å². The molecule has 0 radical (unpaired) electrons. The SMILES string of the molecule is Cc1nc(-c2ccccn2)sc1C(=O)Nc1ccc(Oc2ccccc2)cc1. The van der Waals surface area contributed by atoms with E-state index in [0.29, 0.717) is 22.0 Å². The number of benzene rings is 2. The van der Waals surface area contributed by atoms with Crippen molar-refractivity contribution >= 4 is 22.9 Å². The lowest BCUT2D eigenvalue weighted by Crippen LogP contribution is -2.11. The largest absolute Gasteiger partial charge is 0.457 e. The predicted molar refractivity (Wildman–Crippen MR) is 111 cm³/mol. The van der Waals surface area contributed by atoms with Crippen LogP contribution in [0.3, 0.4) is 0 Å². The molecule has 5 nitrogen and oxygen atoms in total. The van der Waals surface area contributed by atoms with Gasteiger partial charge in [-0.1, -0.05) is 24.3 Å². The van der Waals surface area contributed by atoms with E-state index in [1.54, 1.807) is 6.20 Å². The summed E-state index contributed by atoms with van der Waals surface area (Å²) in [6.45, 7) is 1.83. The number of nitrogens with one attached hydrogen (secondary N) is 1. The number of carbonyl (C=O) groups excluding carboxylic acids is 1. The Morgan fingerprint density at radius 1 is 0.929 bits per heavy atom. The van der Waals surface area contributed by atoms with Crippen LogP contribution in [0.1, 0.15) is 15.4 Å². The van der Waals surface area contributed by atoms with Crippen LogP contribution in [0.5, 0.6) is 11.5 Å². The number of hydrogen-bond acceptors (Lipinski definition) is 5. The highest BCUT2D eigenvalue weighted by atomic mass is 32.1. The number of carbonyl (C=O) groups is 1. The zero-order chi connectivity index (χ0) is 19.3. The molecule has 2 aromatic heterocycles. The van der Waals surface area contributed by atoms with Gasteiger partial charge in [0.2, 0.25) is 0 Å². The summed E-state index contributed by atoms with van der Waals surface area (Å²) in [6, 6.07) is 22.4. The van der Waals surface area contributed by atoms with Crippen LogP contribution < -0.4 is 10.1 Å². The van der Waals surface area contributed by atoms with E-state index in [4.69, 9.17) is 4.74 Å². The van der Waals surface area contributed by atoms with Gasteiger partial charge in [0.25, 0.3) is 5.91 Å². The van der Waals surface area contributed by atoms with Crippen molar-refractivity contribution in [3.8, 4) is 22.2 Å². The van der Waals surface area contributed by atoms with Gasteiger partial charge in [0.1, 0.15) is 21.4 Å². The fourth-order valence-electron chi connectivity index (χ4n) is 2.62. The lowest BCUT2D eigenvalue weighted by Gasteiger charge is -2.07. The van der Waals surface area contributed by atoms with Crippen LogP contribution in [0.2, 0.25) is 0 Å². The molecule has 0 aliphatic heterocycles. The molecule has 0 saturated carbocycles. The second kappa shape index (κ2) is 8.02. The highest BCUT2D eigenvalue weighted by molar-refractivity contribution is 7.17. The minimum atomic E-state index is -0.186. The Hall–Kier alpha value is -3.51. The normalized spacial score (nSPS) is 10.5. The van der Waals surface area contributed by atoms with Gasteiger partial charge in [0.15, 0.2) is 0 Å². The van der Waals surface area contributed by atoms with Crippen molar-refractivity contribution in [3.63, 3.8) is 0 Å². The highest BCUT2D eigenvalue weighted by Crippen LogP contribution is 2.28. The van der Waals surface area contributed by atoms with Crippen molar-refractivity contribution < 1.29 is 9.53 Å². The Kier molecular flexibility index (Phi) is 5.12. The third-order valence-electron chi connectivity index (χ3n) is 3.98. The summed E-state index contributed by atoms with van der Waals surface area (Å²) in [6.07, 6.45) is 1.71. The van der Waals surface area contributed by atoms with Crippen molar-refractivity contribution in [2.24, 2.45) is 0 Å². The number of hydrogen-bond donors (Lipinski definition) is 1. The monoisotopic (exact) mass is 387 g/mol. The molecular weight excluding hydrogens is 370 g/mol. The summed E-state index contributed by atoms with van der Waals surface area (Å²) >= 11 is 1.33. The van der Waals surface area contributed by atoms with E-state index in [9.17, 15) is 4.79 Å². The molecule has 0 aliphatic carbocycles. The van der Waals surface area contributed by atoms with Gasteiger partial charge in [-0.2, -0.15) is 0 Å². The quantitative estimate of drug-likeness (QED) is 0.487. The van der Waals surface area contributed by atoms with E-state index in [0.717, 1.165) is 16.5 Å². The minimum Gasteiger partial charge on any atom is -0.457 e. The summed E-state index contributed by atoms with van der Waals surface area (Å²) in [5.41, 5.74) is 2.14. The molecule has 28 heavy (non-hydrogen) atoms. The molecule has 0 aliphatic rings. The van der Waals surface area contributed by atoms with Crippen LogP contribution in [-0.2, 0) is 0 Å². The van der Waals surface area contributed by atoms with Crippen LogP contribution in [0.4, 0.5) is 5.69 Å². The lowest BCUT2D eigenvalue weighted by atomic mass is 10.3. The topological polar surface area (TPSA) is 64.1 Å². The number of amides is 1. The van der Waals surface area contributed by atoms with Crippen LogP contribution in [-0.4, -0.2) is 15.9 Å². The highest BCUT2D eigenvalue weighted by Gasteiger charge is 2.17. The number of ether oxygens (including phenoxy) is 1. The third kappa shape index (κ3) is 4.07. The molecule has 0 saturated heterocycles. The molecule has 1 N–H and O–H groups in total. The number of aryl methyl sites for hydroxylation is 1. The standard InChI is InChI=1S/C22H17N3O2S/c1-15-20(28-22(24-15)19-9-5-6-14-23-19)21(26)25-16-10-12-18(13-11-16)27-17-7-3-2-4-8-17/h2-14H,1H3,(H,25,26). The Morgan fingerprint density at radius 3 is 2.36 bits per heavy atom. The fourth-order valence-corrected chi connectivity index (χ4v) is 3.56. The molecule has 2 aromatic carbocycles. The molecule has 0 fully saturated rings. The number of aromatic nitrogens is 2. The molecule has 1 amide bonds. The van der Waals surface area contributed by atoms with Gasteiger partial charge in [-0.15, -0.1) is 11.3 Å². The van der Waals surface area contributed by atoms with E-state index < -0.39 is 0 Å².